The fourth-order valence-electron chi connectivity index (χ4n) is 1.48. The van der Waals surface area contributed by atoms with Gasteiger partial charge < -0.3 is 10.2 Å². The Morgan fingerprint density at radius 3 is 2.57 bits per heavy atom. The third-order valence-corrected chi connectivity index (χ3v) is 3.77. The largest absolute Gasteiger partial charge is 0.510 e. The lowest BCUT2D eigenvalue weighted by Gasteiger charge is -2.20. The minimum atomic E-state index is -0.603. The number of rotatable bonds is 2. The van der Waals surface area contributed by atoms with Gasteiger partial charge in [0.15, 0.2) is 0 Å². The van der Waals surface area contributed by atoms with Crippen LogP contribution in [0.2, 0.25) is 0 Å². The molecule has 0 spiro atoms. The number of aliphatic hydroxyl groups excluding tert-OH is 2. The number of aliphatic hydroxyl groups is 2. The van der Waals surface area contributed by atoms with E-state index in [0.717, 1.165) is 5.57 Å². The second kappa shape index (κ2) is 3.83. The number of hydrogen-bond donors (Lipinski definition) is 2. The first-order valence-corrected chi connectivity index (χ1v) is 5.36. The van der Waals surface area contributed by atoms with Gasteiger partial charge in [-0.15, -0.1) is 11.8 Å². The minimum absolute atomic E-state index is 0.260. The zero-order chi connectivity index (χ0) is 10.9. The van der Waals surface area contributed by atoms with Crippen molar-refractivity contribution in [3.05, 3.63) is 35.6 Å². The van der Waals surface area contributed by atoms with Gasteiger partial charge in [-0.05, 0) is 20.8 Å². The Balaban J connectivity index is 3.05. The molecule has 0 aliphatic carbocycles. The first kappa shape index (κ1) is 11.4. The average Bonchev–Trinajstić information content (AvgIpc) is 2.30. The molecule has 0 amide bonds. The van der Waals surface area contributed by atoms with E-state index in [4.69, 9.17) is 0 Å². The molecule has 0 aromatic carbocycles. The molecule has 78 valence electrons. The summed E-state index contributed by atoms with van der Waals surface area (Å²) in [6.45, 7) is 9.22. The van der Waals surface area contributed by atoms with E-state index in [1.807, 2.05) is 19.9 Å². The molecule has 1 aliphatic rings. The Labute approximate surface area is 89.0 Å². The van der Waals surface area contributed by atoms with Crippen molar-refractivity contribution in [3.8, 4) is 0 Å². The predicted octanol–water partition coefficient (Wildman–Crippen LogP) is 2.77. The van der Waals surface area contributed by atoms with Crippen LogP contribution in [-0.2, 0) is 0 Å². The number of thioether (sulfide) groups is 1. The van der Waals surface area contributed by atoms with Crippen LogP contribution < -0.4 is 0 Å². The molecule has 0 bridgehead atoms. The molecule has 1 heterocycles. The average molecular weight is 212 g/mol. The van der Waals surface area contributed by atoms with Gasteiger partial charge in [0.05, 0.1) is 4.75 Å². The van der Waals surface area contributed by atoms with Crippen molar-refractivity contribution in [3.63, 3.8) is 0 Å². The van der Waals surface area contributed by atoms with Crippen LogP contribution in [0.5, 0.6) is 0 Å². The van der Waals surface area contributed by atoms with Crippen molar-refractivity contribution in [2.24, 2.45) is 0 Å². The summed E-state index contributed by atoms with van der Waals surface area (Å²) in [5.41, 5.74) is 1.04. The molecule has 2 nitrogen and oxygen atoms in total. The molecule has 2 N–H and O–H groups in total. The molecule has 0 saturated carbocycles. The lowest BCUT2D eigenvalue weighted by Crippen LogP contribution is -2.17. The molecular weight excluding hydrogens is 196 g/mol. The Kier molecular flexibility index (Phi) is 3.12. The van der Waals surface area contributed by atoms with E-state index >= 15 is 0 Å². The molecule has 14 heavy (non-hydrogen) atoms. The molecule has 1 unspecified atom stereocenters. The standard InChI is InChI=1S/C11H16O2S/c1-5-7(2)6-11(4)9(12)8(3)10(13)14-11/h5-6,10,12-13H,1H2,2-4H3/b7-6+/t10?,11-/m1/s1. The van der Waals surface area contributed by atoms with Crippen molar-refractivity contribution in [1.29, 1.82) is 0 Å². The van der Waals surface area contributed by atoms with Gasteiger partial charge in [0.1, 0.15) is 11.2 Å². The lowest BCUT2D eigenvalue weighted by molar-refractivity contribution is 0.291. The highest BCUT2D eigenvalue weighted by atomic mass is 32.2. The highest BCUT2D eigenvalue weighted by Crippen LogP contribution is 2.46. The number of hydrogen-bond acceptors (Lipinski definition) is 3. The number of allylic oxidation sites excluding steroid dienone is 2. The summed E-state index contributed by atoms with van der Waals surface area (Å²) in [5, 5.41) is 19.4. The van der Waals surface area contributed by atoms with Gasteiger partial charge in [0.25, 0.3) is 0 Å². The predicted molar refractivity (Wildman–Crippen MR) is 61.3 cm³/mol. The van der Waals surface area contributed by atoms with E-state index in [-0.39, 0.29) is 5.76 Å². The van der Waals surface area contributed by atoms with Crippen LogP contribution in [-0.4, -0.2) is 20.4 Å². The summed E-state index contributed by atoms with van der Waals surface area (Å²) >= 11 is 1.34. The Bertz CT molecular complexity index is 317. The summed E-state index contributed by atoms with van der Waals surface area (Å²) in [7, 11) is 0. The first-order valence-electron chi connectivity index (χ1n) is 4.48. The fourth-order valence-corrected chi connectivity index (χ4v) is 2.76. The minimum Gasteiger partial charge on any atom is -0.510 e. The van der Waals surface area contributed by atoms with Crippen molar-refractivity contribution < 1.29 is 10.2 Å². The van der Waals surface area contributed by atoms with Gasteiger partial charge in [0, 0.05) is 5.57 Å². The highest BCUT2D eigenvalue weighted by molar-refractivity contribution is 8.01. The van der Waals surface area contributed by atoms with Crippen molar-refractivity contribution >= 4 is 11.8 Å². The maximum Gasteiger partial charge on any atom is 0.125 e. The monoisotopic (exact) mass is 212 g/mol. The molecule has 1 rings (SSSR count). The second-order valence-electron chi connectivity index (χ2n) is 3.70. The zero-order valence-electron chi connectivity index (χ0n) is 8.74. The van der Waals surface area contributed by atoms with Crippen LogP contribution in [0.1, 0.15) is 20.8 Å². The van der Waals surface area contributed by atoms with E-state index in [1.54, 1.807) is 13.0 Å². The van der Waals surface area contributed by atoms with Gasteiger partial charge in [-0.25, -0.2) is 0 Å². The summed E-state index contributed by atoms with van der Waals surface area (Å²) in [6, 6.07) is 0. The smallest absolute Gasteiger partial charge is 0.125 e. The maximum absolute atomic E-state index is 9.85. The van der Waals surface area contributed by atoms with Crippen LogP contribution in [0, 0.1) is 0 Å². The van der Waals surface area contributed by atoms with E-state index in [0.29, 0.717) is 5.57 Å². The van der Waals surface area contributed by atoms with Crippen molar-refractivity contribution in [1.82, 2.24) is 0 Å². The van der Waals surface area contributed by atoms with E-state index < -0.39 is 10.2 Å². The quantitative estimate of drug-likeness (QED) is 0.691. The summed E-state index contributed by atoms with van der Waals surface area (Å²) in [4.78, 5) is 0. The molecule has 2 atom stereocenters. The van der Waals surface area contributed by atoms with Gasteiger partial charge in [-0.2, -0.15) is 0 Å². The topological polar surface area (TPSA) is 40.5 Å². The van der Waals surface area contributed by atoms with Crippen LogP contribution in [0.3, 0.4) is 0 Å². The molecule has 0 saturated heterocycles. The molecule has 0 aromatic rings. The highest BCUT2D eigenvalue weighted by Gasteiger charge is 2.39. The third-order valence-electron chi connectivity index (χ3n) is 2.40. The van der Waals surface area contributed by atoms with Crippen molar-refractivity contribution in [2.45, 2.75) is 31.0 Å². The van der Waals surface area contributed by atoms with E-state index in [1.165, 1.54) is 11.8 Å². The fraction of sp³-hybridized carbons (Fsp3) is 0.455. The Hall–Kier alpha value is -0.670. The van der Waals surface area contributed by atoms with Gasteiger partial charge >= 0.3 is 0 Å². The van der Waals surface area contributed by atoms with E-state index in [9.17, 15) is 10.2 Å². The van der Waals surface area contributed by atoms with E-state index in [2.05, 4.69) is 6.58 Å². The first-order chi connectivity index (χ1) is 6.40. The Morgan fingerprint density at radius 2 is 2.21 bits per heavy atom. The summed E-state index contributed by atoms with van der Waals surface area (Å²) in [6.07, 6.45) is 3.65. The summed E-state index contributed by atoms with van der Waals surface area (Å²) < 4.78 is -0.512. The third kappa shape index (κ3) is 1.88. The van der Waals surface area contributed by atoms with Crippen LogP contribution in [0.15, 0.2) is 35.6 Å². The van der Waals surface area contributed by atoms with Gasteiger partial charge in [-0.3, -0.25) is 0 Å². The van der Waals surface area contributed by atoms with Crippen LogP contribution in [0.25, 0.3) is 0 Å². The molecule has 0 fully saturated rings. The van der Waals surface area contributed by atoms with Crippen molar-refractivity contribution in [2.75, 3.05) is 0 Å². The second-order valence-corrected chi connectivity index (χ2v) is 5.23. The molecule has 0 aromatic heterocycles. The van der Waals surface area contributed by atoms with Crippen LogP contribution >= 0.6 is 11.8 Å². The Morgan fingerprint density at radius 1 is 1.64 bits per heavy atom. The van der Waals surface area contributed by atoms with Gasteiger partial charge in [0.2, 0.25) is 0 Å². The lowest BCUT2D eigenvalue weighted by atomic mass is 10.0. The van der Waals surface area contributed by atoms with Crippen LogP contribution in [0.4, 0.5) is 0 Å². The maximum atomic E-state index is 9.85. The SMILES string of the molecule is C=C/C(C)=C/[C@@]1(C)SC(O)C(C)=C1O. The van der Waals surface area contributed by atoms with Gasteiger partial charge in [-0.1, -0.05) is 24.3 Å². The molecule has 3 heteroatoms. The molecular formula is C11H16O2S. The normalized spacial score (nSPS) is 33.7. The summed E-state index contributed by atoms with van der Waals surface area (Å²) in [5.74, 6) is 0.260. The molecule has 0 radical (unpaired) electrons. The zero-order valence-corrected chi connectivity index (χ0v) is 9.56. The molecule has 1 aliphatic heterocycles.